The zero-order valence-electron chi connectivity index (χ0n) is 11.9. The minimum atomic E-state index is -1.05. The first-order chi connectivity index (χ1) is 10.1. The Morgan fingerprint density at radius 2 is 1.57 bits per heavy atom. The molecule has 0 aliphatic heterocycles. The topological polar surface area (TPSA) is 37.3 Å². The lowest BCUT2D eigenvalue weighted by molar-refractivity contribution is 0.161. The maximum atomic E-state index is 12.3. The molecule has 21 heavy (non-hydrogen) atoms. The number of halogens is 1. The van der Waals surface area contributed by atoms with E-state index in [-0.39, 0.29) is 10.7 Å². The van der Waals surface area contributed by atoms with E-state index in [1.54, 1.807) is 0 Å². The van der Waals surface area contributed by atoms with Crippen LogP contribution in [-0.4, -0.2) is 19.9 Å². The Morgan fingerprint density at radius 3 is 2.14 bits per heavy atom. The third-order valence-corrected chi connectivity index (χ3v) is 6.44. The van der Waals surface area contributed by atoms with Crippen LogP contribution in [0.15, 0.2) is 65.6 Å². The van der Waals surface area contributed by atoms with E-state index in [1.165, 1.54) is 0 Å². The van der Waals surface area contributed by atoms with Gasteiger partial charge in [-0.3, -0.25) is 4.21 Å². The molecule has 0 fully saturated rings. The van der Waals surface area contributed by atoms with Gasteiger partial charge in [-0.15, -0.1) is 0 Å². The summed E-state index contributed by atoms with van der Waals surface area (Å²) in [5.74, 6) is 0.602. The van der Waals surface area contributed by atoms with Crippen molar-refractivity contribution in [1.82, 2.24) is 0 Å². The summed E-state index contributed by atoms with van der Waals surface area (Å²) in [7, 11) is -1.05. The molecule has 112 valence electrons. The molecule has 0 heterocycles. The van der Waals surface area contributed by atoms with Crippen molar-refractivity contribution in [1.29, 1.82) is 0 Å². The molecule has 2 nitrogen and oxygen atoms in total. The van der Waals surface area contributed by atoms with E-state index in [1.807, 2.05) is 67.6 Å². The Balaban J connectivity index is 2.00. The second kappa shape index (κ2) is 7.87. The first kappa shape index (κ1) is 16.4. The van der Waals surface area contributed by atoms with Gasteiger partial charge < -0.3 is 5.11 Å². The van der Waals surface area contributed by atoms with Gasteiger partial charge in [-0.25, -0.2) is 0 Å². The highest BCUT2D eigenvalue weighted by molar-refractivity contribution is 9.09. The number of hydrogen-bond acceptors (Lipinski definition) is 2. The average molecular weight is 367 g/mol. The molecule has 0 aromatic heterocycles. The highest BCUT2D eigenvalue weighted by Gasteiger charge is 2.25. The predicted octanol–water partition coefficient (Wildman–Crippen LogP) is 3.93. The van der Waals surface area contributed by atoms with Gasteiger partial charge in [0.15, 0.2) is 0 Å². The maximum absolute atomic E-state index is 12.3. The van der Waals surface area contributed by atoms with Gasteiger partial charge in [0.25, 0.3) is 0 Å². The van der Waals surface area contributed by atoms with Crippen LogP contribution in [0.2, 0.25) is 0 Å². The van der Waals surface area contributed by atoms with E-state index in [2.05, 4.69) is 15.9 Å². The lowest BCUT2D eigenvalue weighted by Crippen LogP contribution is -2.24. The van der Waals surface area contributed by atoms with Crippen LogP contribution in [0.5, 0.6) is 0 Å². The third-order valence-electron chi connectivity index (χ3n) is 3.41. The molecular weight excluding hydrogens is 348 g/mol. The summed E-state index contributed by atoms with van der Waals surface area (Å²) in [5, 5.41) is 10.4. The molecule has 1 N–H and O–H groups in total. The SMILES string of the molecule is C[C@H](C[S@@](=O)c1ccccc1)[C@@H](Br)[C@H](O)c1ccccc1. The molecule has 0 saturated heterocycles. The number of alkyl halides is 1. The standard InChI is InChI=1S/C17H19BrO2S/c1-13(12-21(20)15-10-6-3-7-11-15)16(18)17(19)14-8-4-2-5-9-14/h2-11,13,16-17,19H,12H2,1H3/t13-,16-,17-,21-/m1/s1. The first-order valence-electron chi connectivity index (χ1n) is 6.90. The monoisotopic (exact) mass is 366 g/mol. The molecule has 4 heteroatoms. The normalized spacial score (nSPS) is 16.9. The summed E-state index contributed by atoms with van der Waals surface area (Å²) in [4.78, 5) is 0.700. The third kappa shape index (κ3) is 4.50. The zero-order valence-corrected chi connectivity index (χ0v) is 14.3. The second-order valence-electron chi connectivity index (χ2n) is 5.10. The molecule has 0 aliphatic rings. The van der Waals surface area contributed by atoms with Crippen LogP contribution >= 0.6 is 15.9 Å². The number of benzene rings is 2. The van der Waals surface area contributed by atoms with Crippen LogP contribution in [0.25, 0.3) is 0 Å². The van der Waals surface area contributed by atoms with Crippen molar-refractivity contribution in [2.45, 2.75) is 22.8 Å². The molecule has 0 spiro atoms. The number of aliphatic hydroxyl groups is 1. The molecule has 2 rings (SSSR count). The fourth-order valence-electron chi connectivity index (χ4n) is 2.14. The highest BCUT2D eigenvalue weighted by Crippen LogP contribution is 2.29. The summed E-state index contributed by atoms with van der Waals surface area (Å²) in [6.07, 6.45) is -0.603. The fraction of sp³-hybridized carbons (Fsp3) is 0.294. The molecule has 4 atom stereocenters. The molecule has 2 aromatic rings. The van der Waals surface area contributed by atoms with E-state index < -0.39 is 16.9 Å². The molecule has 0 radical (unpaired) electrons. The molecule has 0 aliphatic carbocycles. The summed E-state index contributed by atoms with van der Waals surface area (Å²) in [5.41, 5.74) is 0.872. The van der Waals surface area contributed by atoms with Crippen LogP contribution in [0.4, 0.5) is 0 Å². The molecule has 2 aromatic carbocycles. The largest absolute Gasteiger partial charge is 0.387 e. The minimum absolute atomic E-state index is 0.0845. The lowest BCUT2D eigenvalue weighted by atomic mass is 9.99. The Labute approximate surface area is 136 Å². The average Bonchev–Trinajstić information content (AvgIpc) is 2.55. The van der Waals surface area contributed by atoms with Gasteiger partial charge in [0.1, 0.15) is 0 Å². The van der Waals surface area contributed by atoms with Crippen molar-refractivity contribution in [3.63, 3.8) is 0 Å². The molecule has 0 bridgehead atoms. The Hall–Kier alpha value is -0.970. The van der Waals surface area contributed by atoms with Crippen molar-refractivity contribution in [3.8, 4) is 0 Å². The predicted molar refractivity (Wildman–Crippen MR) is 91.0 cm³/mol. The smallest absolute Gasteiger partial charge is 0.0917 e. The quantitative estimate of drug-likeness (QED) is 0.786. The van der Waals surface area contributed by atoms with Crippen LogP contribution in [0.3, 0.4) is 0 Å². The van der Waals surface area contributed by atoms with Crippen molar-refractivity contribution in [2.75, 3.05) is 5.75 Å². The van der Waals surface area contributed by atoms with Crippen molar-refractivity contribution in [2.24, 2.45) is 5.92 Å². The lowest BCUT2D eigenvalue weighted by Gasteiger charge is -2.23. The first-order valence-corrected chi connectivity index (χ1v) is 9.13. The van der Waals surface area contributed by atoms with Crippen molar-refractivity contribution >= 4 is 26.7 Å². The summed E-state index contributed by atoms with van der Waals surface area (Å²) < 4.78 is 12.3. The van der Waals surface area contributed by atoms with Gasteiger partial charge in [-0.2, -0.15) is 0 Å². The fourth-order valence-corrected chi connectivity index (χ4v) is 4.22. The van der Waals surface area contributed by atoms with Crippen LogP contribution in [0, 0.1) is 5.92 Å². The van der Waals surface area contributed by atoms with Crippen molar-refractivity contribution in [3.05, 3.63) is 66.2 Å². The molecule has 0 unspecified atom stereocenters. The zero-order chi connectivity index (χ0) is 15.2. The van der Waals surface area contributed by atoms with Gasteiger partial charge in [-0.1, -0.05) is 71.4 Å². The maximum Gasteiger partial charge on any atom is 0.0917 e. The summed E-state index contributed by atoms with van der Waals surface area (Å²) >= 11 is 3.56. The van der Waals surface area contributed by atoms with E-state index in [4.69, 9.17) is 0 Å². The van der Waals surface area contributed by atoms with Gasteiger partial charge in [0, 0.05) is 15.5 Å². The van der Waals surface area contributed by atoms with Crippen molar-refractivity contribution < 1.29 is 9.32 Å². The van der Waals surface area contributed by atoms with Crippen LogP contribution < -0.4 is 0 Å². The van der Waals surface area contributed by atoms with Gasteiger partial charge in [0.2, 0.25) is 0 Å². The van der Waals surface area contributed by atoms with Gasteiger partial charge in [0.05, 0.1) is 16.9 Å². The Bertz CT molecular complexity index is 574. The van der Waals surface area contributed by atoms with Gasteiger partial charge >= 0.3 is 0 Å². The Kier molecular flexibility index (Phi) is 6.15. The molecule has 0 saturated carbocycles. The molecular formula is C17H19BrO2S. The van der Waals surface area contributed by atoms with Crippen LogP contribution in [0.1, 0.15) is 18.6 Å². The Morgan fingerprint density at radius 1 is 1.05 bits per heavy atom. The van der Waals surface area contributed by atoms with E-state index in [0.717, 1.165) is 10.5 Å². The second-order valence-corrected chi connectivity index (χ2v) is 7.66. The van der Waals surface area contributed by atoms with E-state index in [9.17, 15) is 9.32 Å². The molecule has 0 amide bonds. The highest BCUT2D eigenvalue weighted by atomic mass is 79.9. The summed E-state index contributed by atoms with van der Waals surface area (Å²) in [6.45, 7) is 2.01. The number of rotatable bonds is 6. The summed E-state index contributed by atoms with van der Waals surface area (Å²) in [6, 6.07) is 19.0. The number of hydrogen-bond donors (Lipinski definition) is 1. The van der Waals surface area contributed by atoms with E-state index in [0.29, 0.717) is 5.75 Å². The van der Waals surface area contributed by atoms with E-state index >= 15 is 0 Å². The van der Waals surface area contributed by atoms with Crippen LogP contribution in [-0.2, 0) is 10.8 Å². The number of aliphatic hydroxyl groups excluding tert-OH is 1. The minimum Gasteiger partial charge on any atom is -0.387 e. The van der Waals surface area contributed by atoms with Gasteiger partial charge in [-0.05, 0) is 23.6 Å².